The first kappa shape index (κ1) is 19.5. The number of methoxy groups -OCH3 is 1. The lowest BCUT2D eigenvalue weighted by atomic mass is 9.96. The summed E-state index contributed by atoms with van der Waals surface area (Å²) in [5.41, 5.74) is 0. The number of rotatable bonds is 14. The van der Waals surface area contributed by atoms with E-state index < -0.39 is 0 Å². The van der Waals surface area contributed by atoms with E-state index in [1.54, 1.807) is 0 Å². The highest BCUT2D eigenvalue weighted by molar-refractivity contribution is 5.68. The molecule has 0 radical (unpaired) electrons. The summed E-state index contributed by atoms with van der Waals surface area (Å²) in [6.07, 6.45) is 16.5. The number of hydrogen-bond acceptors (Lipinski definition) is 2. The second-order valence-electron chi connectivity index (χ2n) is 6.19. The molecule has 2 nitrogen and oxygen atoms in total. The Hall–Kier alpha value is -0.530. The fourth-order valence-corrected chi connectivity index (χ4v) is 2.64. The van der Waals surface area contributed by atoms with Gasteiger partial charge in [0, 0.05) is 6.42 Å². The van der Waals surface area contributed by atoms with Gasteiger partial charge >= 0.3 is 5.97 Å². The molecule has 0 heterocycles. The quantitative estimate of drug-likeness (QED) is 0.294. The zero-order valence-corrected chi connectivity index (χ0v) is 14.1. The van der Waals surface area contributed by atoms with Gasteiger partial charge in [0.05, 0.1) is 7.11 Å². The first-order valence-electron chi connectivity index (χ1n) is 8.77. The highest BCUT2D eigenvalue weighted by Crippen LogP contribution is 2.18. The van der Waals surface area contributed by atoms with Gasteiger partial charge in [0.25, 0.3) is 0 Å². The summed E-state index contributed by atoms with van der Waals surface area (Å²) in [4.78, 5) is 10.9. The third-order valence-corrected chi connectivity index (χ3v) is 4.11. The standard InChI is InChI=1S/C18H36O2/c1-4-5-6-11-14-17(2)15-12-9-7-8-10-13-16-18(19)20-3/h17H,4-16H2,1-3H3/t17-/m1/s1. The maximum absolute atomic E-state index is 10.9. The van der Waals surface area contributed by atoms with Crippen molar-refractivity contribution >= 4 is 5.97 Å². The molecule has 0 rings (SSSR count). The minimum atomic E-state index is -0.0677. The maximum Gasteiger partial charge on any atom is 0.305 e. The minimum Gasteiger partial charge on any atom is -0.469 e. The SMILES string of the molecule is CCCCCC[C@@H](C)CCCCCCCCC(=O)OC. The second-order valence-corrected chi connectivity index (χ2v) is 6.19. The molecule has 0 aliphatic heterocycles. The van der Waals surface area contributed by atoms with Crippen molar-refractivity contribution in [1.29, 1.82) is 0 Å². The predicted molar refractivity (Wildman–Crippen MR) is 86.9 cm³/mol. The van der Waals surface area contributed by atoms with E-state index in [0.29, 0.717) is 6.42 Å². The van der Waals surface area contributed by atoms with E-state index in [0.717, 1.165) is 12.3 Å². The third kappa shape index (κ3) is 13.9. The predicted octanol–water partition coefficient (Wildman–Crippen LogP) is 5.89. The molecule has 0 aromatic rings. The lowest BCUT2D eigenvalue weighted by molar-refractivity contribution is -0.140. The number of esters is 1. The second kappa shape index (κ2) is 14.9. The molecule has 0 spiro atoms. The molecule has 0 fully saturated rings. The van der Waals surface area contributed by atoms with Crippen LogP contribution in [0.15, 0.2) is 0 Å². The van der Waals surface area contributed by atoms with Gasteiger partial charge in [0.15, 0.2) is 0 Å². The summed E-state index contributed by atoms with van der Waals surface area (Å²) in [6.45, 7) is 4.68. The van der Waals surface area contributed by atoms with Crippen molar-refractivity contribution in [2.24, 2.45) is 5.92 Å². The van der Waals surface area contributed by atoms with Crippen molar-refractivity contribution in [3.05, 3.63) is 0 Å². The third-order valence-electron chi connectivity index (χ3n) is 4.11. The zero-order chi connectivity index (χ0) is 15.1. The van der Waals surface area contributed by atoms with E-state index in [2.05, 4.69) is 18.6 Å². The van der Waals surface area contributed by atoms with Crippen LogP contribution in [0.4, 0.5) is 0 Å². The molecule has 0 aromatic carbocycles. The normalized spacial score (nSPS) is 12.3. The fraction of sp³-hybridized carbons (Fsp3) is 0.944. The van der Waals surface area contributed by atoms with E-state index in [-0.39, 0.29) is 5.97 Å². The topological polar surface area (TPSA) is 26.3 Å². The van der Waals surface area contributed by atoms with Crippen LogP contribution in [-0.2, 0) is 9.53 Å². The molecule has 2 heteroatoms. The van der Waals surface area contributed by atoms with Crippen LogP contribution in [-0.4, -0.2) is 13.1 Å². The van der Waals surface area contributed by atoms with Gasteiger partial charge in [-0.15, -0.1) is 0 Å². The number of carbonyl (C=O) groups is 1. The molecule has 0 aromatic heterocycles. The van der Waals surface area contributed by atoms with Crippen molar-refractivity contribution in [2.75, 3.05) is 7.11 Å². The van der Waals surface area contributed by atoms with Crippen molar-refractivity contribution in [3.8, 4) is 0 Å². The molecule has 0 aliphatic carbocycles. The Bertz CT molecular complexity index is 213. The number of hydrogen-bond donors (Lipinski definition) is 0. The summed E-state index contributed by atoms with van der Waals surface area (Å²) in [7, 11) is 1.46. The van der Waals surface area contributed by atoms with E-state index in [9.17, 15) is 4.79 Å². The highest BCUT2D eigenvalue weighted by Gasteiger charge is 2.02. The van der Waals surface area contributed by atoms with Crippen molar-refractivity contribution in [2.45, 2.75) is 97.3 Å². The van der Waals surface area contributed by atoms with Gasteiger partial charge in [-0.1, -0.05) is 84.5 Å². The van der Waals surface area contributed by atoms with Crippen LogP contribution in [0.25, 0.3) is 0 Å². The van der Waals surface area contributed by atoms with Gasteiger partial charge in [-0.05, 0) is 12.3 Å². The molecule has 20 heavy (non-hydrogen) atoms. The largest absolute Gasteiger partial charge is 0.469 e. The first-order valence-corrected chi connectivity index (χ1v) is 8.77. The van der Waals surface area contributed by atoms with Crippen LogP contribution in [0.5, 0.6) is 0 Å². The molecular weight excluding hydrogens is 248 g/mol. The Morgan fingerprint density at radius 2 is 1.35 bits per heavy atom. The Kier molecular flexibility index (Phi) is 14.5. The molecule has 0 saturated heterocycles. The van der Waals surface area contributed by atoms with Crippen LogP contribution in [0.3, 0.4) is 0 Å². The number of unbranched alkanes of at least 4 members (excludes halogenated alkanes) is 8. The smallest absolute Gasteiger partial charge is 0.305 e. The van der Waals surface area contributed by atoms with E-state index >= 15 is 0 Å². The van der Waals surface area contributed by atoms with Gasteiger partial charge < -0.3 is 4.74 Å². The summed E-state index contributed by atoms with van der Waals surface area (Å²) >= 11 is 0. The first-order chi connectivity index (χ1) is 9.70. The van der Waals surface area contributed by atoms with E-state index in [1.165, 1.54) is 77.7 Å². The molecule has 0 bridgehead atoms. The van der Waals surface area contributed by atoms with Crippen molar-refractivity contribution < 1.29 is 9.53 Å². The fourth-order valence-electron chi connectivity index (χ4n) is 2.64. The van der Waals surface area contributed by atoms with Crippen LogP contribution in [0.2, 0.25) is 0 Å². The summed E-state index contributed by atoms with van der Waals surface area (Å²) in [5, 5.41) is 0. The van der Waals surface area contributed by atoms with Crippen LogP contribution < -0.4 is 0 Å². The highest BCUT2D eigenvalue weighted by atomic mass is 16.5. The Balaban J connectivity index is 3.17. The molecule has 0 aliphatic rings. The molecule has 0 saturated carbocycles. The molecule has 1 atom stereocenters. The molecule has 120 valence electrons. The Morgan fingerprint density at radius 3 is 1.90 bits per heavy atom. The van der Waals surface area contributed by atoms with Crippen LogP contribution in [0.1, 0.15) is 97.3 Å². The van der Waals surface area contributed by atoms with Gasteiger partial charge in [-0.3, -0.25) is 4.79 Å². The van der Waals surface area contributed by atoms with Crippen molar-refractivity contribution in [1.82, 2.24) is 0 Å². The molecule has 0 amide bonds. The minimum absolute atomic E-state index is 0.0677. The van der Waals surface area contributed by atoms with Gasteiger partial charge in [0.2, 0.25) is 0 Å². The summed E-state index contributed by atoms with van der Waals surface area (Å²) in [6, 6.07) is 0. The maximum atomic E-state index is 10.9. The lowest BCUT2D eigenvalue weighted by Gasteiger charge is -2.10. The monoisotopic (exact) mass is 284 g/mol. The Labute approximate surface area is 126 Å². The van der Waals surface area contributed by atoms with Gasteiger partial charge in [-0.25, -0.2) is 0 Å². The van der Waals surface area contributed by atoms with Crippen LogP contribution in [0, 0.1) is 5.92 Å². The van der Waals surface area contributed by atoms with Gasteiger partial charge in [-0.2, -0.15) is 0 Å². The van der Waals surface area contributed by atoms with E-state index in [1.807, 2.05) is 0 Å². The summed E-state index contributed by atoms with van der Waals surface area (Å²) in [5.74, 6) is 0.841. The average molecular weight is 284 g/mol. The summed E-state index contributed by atoms with van der Waals surface area (Å²) < 4.78 is 4.63. The van der Waals surface area contributed by atoms with E-state index in [4.69, 9.17) is 0 Å². The number of carbonyl (C=O) groups excluding carboxylic acids is 1. The van der Waals surface area contributed by atoms with Gasteiger partial charge in [0.1, 0.15) is 0 Å². The average Bonchev–Trinajstić information content (AvgIpc) is 2.46. The molecule has 0 N–H and O–H groups in total. The van der Waals surface area contributed by atoms with Crippen LogP contribution >= 0.6 is 0 Å². The molecular formula is C18H36O2. The van der Waals surface area contributed by atoms with Crippen molar-refractivity contribution in [3.63, 3.8) is 0 Å². The molecule has 0 unspecified atom stereocenters. The Morgan fingerprint density at radius 1 is 0.850 bits per heavy atom. The zero-order valence-electron chi connectivity index (χ0n) is 14.1. The number of ether oxygens (including phenoxy) is 1. The lowest BCUT2D eigenvalue weighted by Crippen LogP contribution is -1.99.